The first-order chi connectivity index (χ1) is 17.8. The molecule has 0 unspecified atom stereocenters. The molecule has 10 nitrogen and oxygen atoms in total. The highest BCUT2D eigenvalue weighted by Crippen LogP contribution is 2.29. The van der Waals surface area contributed by atoms with Crippen LogP contribution in [0.2, 0.25) is 5.02 Å². The number of rotatable bonds is 12. The topological polar surface area (TPSA) is 177 Å². The van der Waals surface area contributed by atoms with Gasteiger partial charge in [-0.2, -0.15) is 13.2 Å². The average molecular weight is 559 g/mol. The van der Waals surface area contributed by atoms with Crippen molar-refractivity contribution < 1.29 is 32.7 Å². The molecule has 0 saturated heterocycles. The van der Waals surface area contributed by atoms with Gasteiger partial charge >= 0.3 is 6.18 Å². The van der Waals surface area contributed by atoms with Gasteiger partial charge in [0, 0.05) is 31.0 Å². The molecular formula is C24H30ClF3N6O4. The smallest absolute Gasteiger partial charge is 0.416 e. The third-order valence-corrected chi connectivity index (χ3v) is 5.78. The van der Waals surface area contributed by atoms with Crippen LogP contribution in [-0.4, -0.2) is 59.6 Å². The average Bonchev–Trinajstić information content (AvgIpc) is 2.87. The number of carbonyl (C=O) groups excluding carboxylic acids is 3. The molecule has 0 saturated carbocycles. The van der Waals surface area contributed by atoms with Gasteiger partial charge in [0.25, 0.3) is 0 Å². The molecule has 0 aliphatic rings. The van der Waals surface area contributed by atoms with E-state index < -0.39 is 35.6 Å². The van der Waals surface area contributed by atoms with Crippen molar-refractivity contribution in [3.8, 4) is 5.75 Å². The fourth-order valence-corrected chi connectivity index (χ4v) is 3.60. The number of nitrogens with zero attached hydrogens (tertiary/aromatic N) is 1. The molecule has 9 N–H and O–H groups in total. The van der Waals surface area contributed by atoms with Crippen molar-refractivity contribution in [2.45, 2.75) is 37.5 Å². The summed E-state index contributed by atoms with van der Waals surface area (Å²) in [6, 6.07) is 5.54. The molecule has 0 fully saturated rings. The SMILES string of the molecule is NCCN(CN)C(=O)CC[C@H](N)C(=O)N[C@H](Cc1ccc(C(F)(F)F)cc1)C(=O)Nc1cc(Cl)ccc1O. The van der Waals surface area contributed by atoms with Crippen molar-refractivity contribution >= 4 is 35.0 Å². The fourth-order valence-electron chi connectivity index (χ4n) is 3.42. The number of phenolic OH excluding ortho intramolecular Hbond substituents is 1. The lowest BCUT2D eigenvalue weighted by atomic mass is 10.0. The zero-order chi connectivity index (χ0) is 28.5. The van der Waals surface area contributed by atoms with E-state index >= 15 is 0 Å². The largest absolute Gasteiger partial charge is 0.506 e. The van der Waals surface area contributed by atoms with Crippen LogP contribution in [0.3, 0.4) is 0 Å². The summed E-state index contributed by atoms with van der Waals surface area (Å²) in [4.78, 5) is 39.4. The van der Waals surface area contributed by atoms with Gasteiger partial charge in [-0.15, -0.1) is 0 Å². The zero-order valence-corrected chi connectivity index (χ0v) is 21.1. The predicted octanol–water partition coefficient (Wildman–Crippen LogP) is 1.54. The Morgan fingerprint density at radius 1 is 1.05 bits per heavy atom. The second-order valence-corrected chi connectivity index (χ2v) is 8.82. The van der Waals surface area contributed by atoms with Crippen LogP contribution in [-0.2, 0) is 27.0 Å². The van der Waals surface area contributed by atoms with Gasteiger partial charge in [-0.05, 0) is 42.3 Å². The normalized spacial score (nSPS) is 12.9. The van der Waals surface area contributed by atoms with E-state index in [1.54, 1.807) is 0 Å². The van der Waals surface area contributed by atoms with E-state index in [4.69, 9.17) is 28.8 Å². The van der Waals surface area contributed by atoms with Crippen LogP contribution in [0.1, 0.15) is 24.0 Å². The van der Waals surface area contributed by atoms with Gasteiger partial charge < -0.3 is 37.8 Å². The number of phenols is 1. The van der Waals surface area contributed by atoms with Crippen molar-refractivity contribution in [1.29, 1.82) is 0 Å². The van der Waals surface area contributed by atoms with Gasteiger partial charge in [-0.25, -0.2) is 0 Å². The Bertz CT molecular complexity index is 1120. The number of hydrogen-bond acceptors (Lipinski definition) is 7. The van der Waals surface area contributed by atoms with E-state index in [2.05, 4.69) is 10.6 Å². The number of aromatic hydroxyl groups is 1. The Hall–Kier alpha value is -3.39. The van der Waals surface area contributed by atoms with E-state index in [-0.39, 0.29) is 61.4 Å². The Labute approximate surface area is 222 Å². The van der Waals surface area contributed by atoms with Gasteiger partial charge in [-0.3, -0.25) is 14.4 Å². The van der Waals surface area contributed by atoms with Crippen molar-refractivity contribution in [2.75, 3.05) is 25.1 Å². The number of nitrogens with one attached hydrogen (secondary N) is 2. The Balaban J connectivity index is 2.17. The number of halogens is 4. The summed E-state index contributed by atoms with van der Waals surface area (Å²) in [5.41, 5.74) is 16.3. The van der Waals surface area contributed by atoms with Gasteiger partial charge in [0.05, 0.1) is 24.0 Å². The molecule has 2 atom stereocenters. The number of anilines is 1. The van der Waals surface area contributed by atoms with Crippen molar-refractivity contribution in [1.82, 2.24) is 10.2 Å². The number of hydrogen-bond donors (Lipinski definition) is 6. The van der Waals surface area contributed by atoms with Crippen molar-refractivity contribution in [3.05, 3.63) is 58.6 Å². The van der Waals surface area contributed by atoms with Crippen LogP contribution >= 0.6 is 11.6 Å². The van der Waals surface area contributed by atoms with E-state index in [9.17, 15) is 32.7 Å². The Morgan fingerprint density at radius 3 is 2.29 bits per heavy atom. The number of amides is 3. The number of nitrogens with two attached hydrogens (primary N) is 3. The summed E-state index contributed by atoms with van der Waals surface area (Å²) < 4.78 is 38.8. The van der Waals surface area contributed by atoms with Gasteiger partial charge in [0.2, 0.25) is 17.7 Å². The molecular weight excluding hydrogens is 529 g/mol. The van der Waals surface area contributed by atoms with Crippen LogP contribution in [0.4, 0.5) is 18.9 Å². The minimum atomic E-state index is -4.54. The van der Waals surface area contributed by atoms with Gasteiger partial charge in [0.1, 0.15) is 11.8 Å². The summed E-state index contributed by atoms with van der Waals surface area (Å²) in [6.45, 7) is 0.393. The van der Waals surface area contributed by atoms with Crippen molar-refractivity contribution in [3.63, 3.8) is 0 Å². The van der Waals surface area contributed by atoms with Crippen LogP contribution < -0.4 is 27.8 Å². The quantitative estimate of drug-likeness (QED) is 0.169. The van der Waals surface area contributed by atoms with E-state index in [0.717, 1.165) is 12.1 Å². The Kier molecular flexibility index (Phi) is 11.3. The second-order valence-electron chi connectivity index (χ2n) is 8.38. The first kappa shape index (κ1) is 30.8. The number of alkyl halides is 3. The molecule has 0 heterocycles. The van der Waals surface area contributed by atoms with Crippen LogP contribution in [0, 0.1) is 0 Å². The minimum Gasteiger partial charge on any atom is -0.506 e. The third-order valence-electron chi connectivity index (χ3n) is 5.55. The van der Waals surface area contributed by atoms with Crippen LogP contribution in [0.15, 0.2) is 42.5 Å². The molecule has 3 amide bonds. The van der Waals surface area contributed by atoms with Crippen molar-refractivity contribution in [2.24, 2.45) is 17.2 Å². The molecule has 0 spiro atoms. The highest BCUT2D eigenvalue weighted by Gasteiger charge is 2.31. The van der Waals surface area contributed by atoms with Crippen LogP contribution in [0.5, 0.6) is 5.75 Å². The molecule has 2 aromatic carbocycles. The fraction of sp³-hybridized carbons (Fsp3) is 0.375. The summed E-state index contributed by atoms with van der Waals surface area (Å²) in [6.07, 6.45) is -4.89. The molecule has 208 valence electrons. The number of carbonyl (C=O) groups is 3. The van der Waals surface area contributed by atoms with Gasteiger partial charge in [0.15, 0.2) is 0 Å². The van der Waals surface area contributed by atoms with Crippen LogP contribution in [0.25, 0.3) is 0 Å². The molecule has 0 bridgehead atoms. The lowest BCUT2D eigenvalue weighted by Gasteiger charge is -2.23. The zero-order valence-electron chi connectivity index (χ0n) is 20.3. The molecule has 2 aromatic rings. The molecule has 38 heavy (non-hydrogen) atoms. The summed E-state index contributed by atoms with van der Waals surface area (Å²) in [7, 11) is 0. The van der Waals surface area contributed by atoms with E-state index in [0.29, 0.717) is 5.56 Å². The monoisotopic (exact) mass is 558 g/mol. The maximum absolute atomic E-state index is 13.0. The first-order valence-electron chi connectivity index (χ1n) is 11.5. The summed E-state index contributed by atoms with van der Waals surface area (Å²) in [5, 5.41) is 15.2. The lowest BCUT2D eigenvalue weighted by Crippen LogP contribution is -2.51. The highest BCUT2D eigenvalue weighted by atomic mass is 35.5. The van der Waals surface area contributed by atoms with E-state index in [1.807, 2.05) is 0 Å². The highest BCUT2D eigenvalue weighted by molar-refractivity contribution is 6.31. The predicted molar refractivity (Wildman–Crippen MR) is 136 cm³/mol. The standard InChI is InChI=1S/C24H30ClF3N6O4/c25-16-5-7-20(35)18(12-16)32-23(38)19(11-14-1-3-15(4-2-14)24(26,27)28)33-22(37)17(31)6-8-21(36)34(13-30)10-9-29/h1-5,7,12,17,19,35H,6,8-11,13,29-31H2,(H,32,38)(H,33,37)/t17-,19+/m0/s1. The summed E-state index contributed by atoms with van der Waals surface area (Å²) >= 11 is 5.91. The second kappa shape index (κ2) is 14.0. The number of benzene rings is 2. The maximum Gasteiger partial charge on any atom is 0.416 e. The van der Waals surface area contributed by atoms with E-state index in [1.165, 1.54) is 35.2 Å². The molecule has 2 rings (SSSR count). The maximum atomic E-state index is 13.0. The molecule has 0 radical (unpaired) electrons. The minimum absolute atomic E-state index is 0.0363. The molecule has 0 aromatic heterocycles. The molecule has 14 heteroatoms. The molecule has 0 aliphatic heterocycles. The lowest BCUT2D eigenvalue weighted by molar-refractivity contribution is -0.137. The third kappa shape index (κ3) is 9.17. The molecule has 0 aliphatic carbocycles. The van der Waals surface area contributed by atoms with Gasteiger partial charge in [-0.1, -0.05) is 23.7 Å². The first-order valence-corrected chi connectivity index (χ1v) is 11.9. The summed E-state index contributed by atoms with van der Waals surface area (Å²) in [5.74, 6) is -2.19. The Morgan fingerprint density at radius 2 is 1.71 bits per heavy atom.